The van der Waals surface area contributed by atoms with E-state index in [9.17, 15) is 13.2 Å². The van der Waals surface area contributed by atoms with Crippen LogP contribution in [0.3, 0.4) is 0 Å². The molecule has 1 aromatic heterocycles. The number of ether oxygens (including phenoxy) is 1. The molecule has 1 saturated heterocycles. The normalized spacial score (nSPS) is 16.2. The van der Waals surface area contributed by atoms with Crippen LogP contribution in [0.25, 0.3) is 0 Å². The molecule has 0 unspecified atom stereocenters. The van der Waals surface area contributed by atoms with E-state index >= 15 is 0 Å². The Morgan fingerprint density at radius 3 is 2.73 bits per heavy atom. The number of rotatable bonds is 7. The van der Waals surface area contributed by atoms with Crippen LogP contribution < -0.4 is 10.5 Å². The first-order valence-electron chi connectivity index (χ1n) is 9.27. The monoisotopic (exact) mass is 438 g/mol. The number of benzene rings is 1. The zero-order valence-electron chi connectivity index (χ0n) is 16.0. The average molecular weight is 438 g/mol. The van der Waals surface area contributed by atoms with Crippen LogP contribution in [-0.4, -0.2) is 34.5 Å². The fourth-order valence-electron chi connectivity index (χ4n) is 3.21. The van der Waals surface area contributed by atoms with Crippen molar-refractivity contribution in [1.82, 2.24) is 15.1 Å². The SMILES string of the molecule is N=N/C(=C\C=C\Cc1cccc(OC(F)(F)F)c1)N1CCC(c2nnc(N)s2)CC1. The van der Waals surface area contributed by atoms with Crippen molar-refractivity contribution in [3.8, 4) is 5.75 Å². The molecule has 2 aromatic rings. The first-order chi connectivity index (χ1) is 14.3. The molecule has 7 nitrogen and oxygen atoms in total. The molecule has 0 amide bonds. The number of nitrogens with zero attached hydrogens (tertiary/aromatic N) is 4. The molecule has 1 aliphatic rings. The third kappa shape index (κ3) is 6.28. The number of halogens is 3. The van der Waals surface area contributed by atoms with E-state index in [1.807, 2.05) is 4.90 Å². The van der Waals surface area contributed by atoms with Gasteiger partial charge in [-0.15, -0.1) is 28.5 Å². The van der Waals surface area contributed by atoms with Crippen molar-refractivity contribution in [1.29, 1.82) is 5.53 Å². The van der Waals surface area contributed by atoms with Crippen molar-refractivity contribution in [3.63, 3.8) is 0 Å². The number of likely N-dealkylation sites (tertiary alicyclic amines) is 1. The first kappa shape index (κ1) is 21.8. The Morgan fingerprint density at radius 1 is 1.33 bits per heavy atom. The van der Waals surface area contributed by atoms with Crippen LogP contribution >= 0.6 is 11.3 Å². The maximum Gasteiger partial charge on any atom is 0.573 e. The van der Waals surface area contributed by atoms with Crippen LogP contribution in [0, 0.1) is 5.53 Å². The zero-order valence-corrected chi connectivity index (χ0v) is 16.8. The van der Waals surface area contributed by atoms with Gasteiger partial charge >= 0.3 is 6.36 Å². The summed E-state index contributed by atoms with van der Waals surface area (Å²) in [6.45, 7) is 1.48. The second kappa shape index (κ2) is 9.70. The summed E-state index contributed by atoms with van der Waals surface area (Å²) in [6, 6.07) is 5.85. The Morgan fingerprint density at radius 2 is 2.10 bits per heavy atom. The molecule has 30 heavy (non-hydrogen) atoms. The maximum atomic E-state index is 12.3. The number of hydrogen-bond acceptors (Lipinski definition) is 8. The molecule has 0 bridgehead atoms. The van der Waals surface area contributed by atoms with Crippen LogP contribution in [0.2, 0.25) is 0 Å². The highest BCUT2D eigenvalue weighted by atomic mass is 32.1. The van der Waals surface area contributed by atoms with Crippen molar-refractivity contribution < 1.29 is 17.9 Å². The van der Waals surface area contributed by atoms with Gasteiger partial charge in [0.25, 0.3) is 0 Å². The smallest absolute Gasteiger partial charge is 0.406 e. The van der Waals surface area contributed by atoms with Crippen molar-refractivity contribution >= 4 is 16.5 Å². The molecule has 1 fully saturated rings. The van der Waals surface area contributed by atoms with E-state index in [0.717, 1.165) is 30.9 Å². The number of anilines is 1. The molecule has 0 atom stereocenters. The predicted molar refractivity (Wildman–Crippen MR) is 107 cm³/mol. The topological polar surface area (TPSA) is 100 Å². The molecule has 0 saturated carbocycles. The van der Waals surface area contributed by atoms with Crippen LogP contribution in [0.5, 0.6) is 5.75 Å². The summed E-state index contributed by atoms with van der Waals surface area (Å²) in [4.78, 5) is 2.02. The molecule has 11 heteroatoms. The molecule has 3 rings (SSSR count). The number of nitrogens with one attached hydrogen (secondary N) is 1. The zero-order chi connectivity index (χ0) is 21.6. The number of aromatic nitrogens is 2. The second-order valence-electron chi connectivity index (χ2n) is 6.70. The predicted octanol–water partition coefficient (Wildman–Crippen LogP) is 4.87. The molecule has 0 radical (unpaired) electrons. The minimum absolute atomic E-state index is 0.245. The van der Waals surface area contributed by atoms with Gasteiger partial charge in [0, 0.05) is 19.0 Å². The van der Waals surface area contributed by atoms with E-state index in [1.54, 1.807) is 24.3 Å². The lowest BCUT2D eigenvalue weighted by Gasteiger charge is -2.31. The van der Waals surface area contributed by atoms with E-state index in [-0.39, 0.29) is 5.75 Å². The van der Waals surface area contributed by atoms with Gasteiger partial charge in [0.2, 0.25) is 5.13 Å². The molecular formula is C19H21F3N6OS. The van der Waals surface area contributed by atoms with Crippen molar-refractivity contribution in [3.05, 3.63) is 58.9 Å². The minimum Gasteiger partial charge on any atom is -0.406 e. The fraction of sp³-hybridized carbons (Fsp3) is 0.368. The molecular weight excluding hydrogens is 417 g/mol. The average Bonchev–Trinajstić information content (AvgIpc) is 3.14. The third-order valence-corrected chi connectivity index (χ3v) is 5.52. The summed E-state index contributed by atoms with van der Waals surface area (Å²) in [6.07, 6.45) is 2.74. The minimum atomic E-state index is -4.71. The highest BCUT2D eigenvalue weighted by Crippen LogP contribution is 2.32. The van der Waals surface area contributed by atoms with Crippen LogP contribution in [0.4, 0.5) is 18.3 Å². The van der Waals surface area contributed by atoms with Gasteiger partial charge in [0.05, 0.1) is 0 Å². The molecule has 0 spiro atoms. The standard InChI is InChI=1S/C19H21F3N6OS/c20-19(21,22)29-15-6-3-5-13(12-15)4-1-2-7-16(25-24)28-10-8-14(9-11-28)17-26-27-18(23)30-17/h1-3,5-7,12,14,24H,4,8-11H2,(H2,23,27)/b2-1+,16-7+,25-24?. The third-order valence-electron chi connectivity index (χ3n) is 4.61. The van der Waals surface area contributed by atoms with Gasteiger partial charge in [0.1, 0.15) is 16.6 Å². The number of nitrogens with two attached hydrogens (primary N) is 1. The molecule has 0 aliphatic carbocycles. The summed E-state index contributed by atoms with van der Waals surface area (Å²) in [5.41, 5.74) is 13.8. The lowest BCUT2D eigenvalue weighted by Crippen LogP contribution is -2.31. The molecule has 2 heterocycles. The second-order valence-corrected chi connectivity index (χ2v) is 7.74. The summed E-state index contributed by atoms with van der Waals surface area (Å²) in [5.74, 6) is 0.603. The van der Waals surface area contributed by atoms with Gasteiger partial charge in [-0.2, -0.15) is 0 Å². The number of allylic oxidation sites excluding steroid dienone is 3. The highest BCUT2D eigenvalue weighted by molar-refractivity contribution is 7.15. The number of alkyl halides is 3. The number of nitrogen functional groups attached to an aromatic ring is 1. The lowest BCUT2D eigenvalue weighted by atomic mass is 9.98. The highest BCUT2D eigenvalue weighted by Gasteiger charge is 2.31. The van der Waals surface area contributed by atoms with E-state index in [4.69, 9.17) is 11.3 Å². The van der Waals surface area contributed by atoms with E-state index < -0.39 is 6.36 Å². The van der Waals surface area contributed by atoms with Crippen molar-refractivity contribution in [2.75, 3.05) is 18.8 Å². The number of hydrogen-bond donors (Lipinski definition) is 2. The molecule has 3 N–H and O–H groups in total. The summed E-state index contributed by atoms with van der Waals surface area (Å²) < 4.78 is 40.9. The van der Waals surface area contributed by atoms with Gasteiger partial charge in [-0.05, 0) is 43.0 Å². The maximum absolute atomic E-state index is 12.3. The quantitative estimate of drug-likeness (QED) is 0.474. The summed E-state index contributed by atoms with van der Waals surface area (Å²) in [7, 11) is 0. The fourth-order valence-corrected chi connectivity index (χ4v) is 3.99. The largest absolute Gasteiger partial charge is 0.573 e. The van der Waals surface area contributed by atoms with Gasteiger partial charge in [-0.1, -0.05) is 35.6 Å². The molecule has 1 aliphatic heterocycles. The Balaban J connectivity index is 1.54. The van der Waals surface area contributed by atoms with Crippen LogP contribution in [-0.2, 0) is 6.42 Å². The summed E-state index contributed by atoms with van der Waals surface area (Å²) >= 11 is 1.41. The van der Waals surface area contributed by atoms with E-state index in [2.05, 4.69) is 20.0 Å². The van der Waals surface area contributed by atoms with Crippen molar-refractivity contribution in [2.24, 2.45) is 5.11 Å². The Bertz CT molecular complexity index is 919. The Labute approximate surface area is 175 Å². The lowest BCUT2D eigenvalue weighted by molar-refractivity contribution is -0.274. The van der Waals surface area contributed by atoms with E-state index in [0.29, 0.717) is 28.9 Å². The van der Waals surface area contributed by atoms with Gasteiger partial charge < -0.3 is 15.4 Å². The van der Waals surface area contributed by atoms with E-state index in [1.165, 1.54) is 29.5 Å². The van der Waals surface area contributed by atoms with Crippen LogP contribution in [0.15, 0.2) is 53.4 Å². The first-order valence-corrected chi connectivity index (χ1v) is 10.1. The van der Waals surface area contributed by atoms with Gasteiger partial charge in [-0.3, -0.25) is 0 Å². The Hall–Kier alpha value is -2.95. The Kier molecular flexibility index (Phi) is 7.03. The van der Waals surface area contributed by atoms with Gasteiger partial charge in [-0.25, -0.2) is 5.53 Å². The molecule has 1 aromatic carbocycles. The van der Waals surface area contributed by atoms with Gasteiger partial charge in [0.15, 0.2) is 0 Å². The van der Waals surface area contributed by atoms with Crippen LogP contribution in [0.1, 0.15) is 29.3 Å². The number of piperidine rings is 1. The van der Waals surface area contributed by atoms with Crippen molar-refractivity contribution in [2.45, 2.75) is 31.5 Å². The molecule has 160 valence electrons. The summed E-state index contributed by atoms with van der Waals surface area (Å²) in [5, 5.41) is 13.0.